The summed E-state index contributed by atoms with van der Waals surface area (Å²) in [5, 5.41) is 3.53. The molecule has 1 aromatic rings. The van der Waals surface area contributed by atoms with Gasteiger partial charge in [0.15, 0.2) is 0 Å². The highest BCUT2D eigenvalue weighted by Gasteiger charge is 2.51. The molecule has 1 saturated heterocycles. The summed E-state index contributed by atoms with van der Waals surface area (Å²) in [5.74, 6) is 0. The summed E-state index contributed by atoms with van der Waals surface area (Å²) in [4.78, 5) is 26.6. The molecular weight excluding hydrogens is 344 g/mol. The van der Waals surface area contributed by atoms with Gasteiger partial charge in [-0.05, 0) is 44.4 Å². The fourth-order valence-corrected chi connectivity index (χ4v) is 4.91. The van der Waals surface area contributed by atoms with Crippen LogP contribution in [0, 0.1) is 0 Å². The molecule has 1 aliphatic heterocycles. The van der Waals surface area contributed by atoms with Gasteiger partial charge in [0.1, 0.15) is 0 Å². The fourth-order valence-electron chi connectivity index (χ4n) is 3.55. The Morgan fingerprint density at radius 1 is 1.25 bits per heavy atom. The average Bonchev–Trinajstić information content (AvgIpc) is 2.79. The Balaban J connectivity index is 1.76. The zero-order valence-electron chi connectivity index (χ0n) is 14.0. The Labute approximate surface area is 152 Å². The van der Waals surface area contributed by atoms with Crippen molar-refractivity contribution in [3.63, 3.8) is 0 Å². The van der Waals surface area contributed by atoms with Gasteiger partial charge in [0.05, 0.1) is 10.8 Å². The second-order valence-corrected chi connectivity index (χ2v) is 8.65. The van der Waals surface area contributed by atoms with Crippen LogP contribution in [-0.4, -0.2) is 28.3 Å². The van der Waals surface area contributed by atoms with Crippen molar-refractivity contribution in [3.05, 3.63) is 34.9 Å². The van der Waals surface area contributed by atoms with Crippen LogP contribution in [0.5, 0.6) is 0 Å². The lowest BCUT2D eigenvalue weighted by Crippen LogP contribution is -2.50. The van der Waals surface area contributed by atoms with Crippen LogP contribution >= 0.6 is 23.4 Å². The standard InChI is InChI=1S/C18H23ClN2O2S/c1-12-18(2,13-8-10-14(19)11-9-13)24-17(23)21(12)16(22)20-15-6-4-3-5-7-15/h8-12,15H,3-7H2,1-2H3,(H,20,22)/t12-,18+/m1/s1. The zero-order chi connectivity index (χ0) is 17.3. The molecule has 1 heterocycles. The third-order valence-electron chi connectivity index (χ3n) is 5.25. The molecule has 3 rings (SSSR count). The predicted octanol–water partition coefficient (Wildman–Crippen LogP) is 5.15. The summed E-state index contributed by atoms with van der Waals surface area (Å²) < 4.78 is -0.467. The van der Waals surface area contributed by atoms with Gasteiger partial charge in [0.2, 0.25) is 0 Å². The molecule has 130 valence electrons. The van der Waals surface area contributed by atoms with E-state index in [-0.39, 0.29) is 23.4 Å². The van der Waals surface area contributed by atoms with Gasteiger partial charge in [-0.3, -0.25) is 9.69 Å². The average molecular weight is 367 g/mol. The number of hydrogen-bond donors (Lipinski definition) is 1. The lowest BCUT2D eigenvalue weighted by atomic mass is 9.92. The molecule has 2 atom stereocenters. The summed E-state index contributed by atoms with van der Waals surface area (Å²) in [5.41, 5.74) is 1.01. The molecule has 6 heteroatoms. The summed E-state index contributed by atoms with van der Waals surface area (Å²) in [6, 6.07) is 7.22. The number of amides is 3. The van der Waals surface area contributed by atoms with Gasteiger partial charge in [0.25, 0.3) is 5.24 Å². The van der Waals surface area contributed by atoms with Gasteiger partial charge in [-0.2, -0.15) is 0 Å². The molecule has 2 aliphatic rings. The van der Waals surface area contributed by atoms with Crippen LogP contribution in [0.2, 0.25) is 5.02 Å². The van der Waals surface area contributed by atoms with Crippen molar-refractivity contribution in [3.8, 4) is 0 Å². The highest BCUT2D eigenvalue weighted by Crippen LogP contribution is 2.48. The summed E-state index contributed by atoms with van der Waals surface area (Å²) in [7, 11) is 0. The van der Waals surface area contributed by atoms with Crippen LogP contribution in [0.4, 0.5) is 9.59 Å². The van der Waals surface area contributed by atoms with Gasteiger partial charge in [-0.1, -0.05) is 54.8 Å². The molecule has 1 N–H and O–H groups in total. The minimum absolute atomic E-state index is 0.187. The van der Waals surface area contributed by atoms with E-state index in [9.17, 15) is 9.59 Å². The van der Waals surface area contributed by atoms with E-state index in [1.165, 1.54) is 23.1 Å². The number of halogens is 1. The van der Waals surface area contributed by atoms with Crippen LogP contribution in [-0.2, 0) is 4.75 Å². The maximum absolute atomic E-state index is 12.7. The number of nitrogens with one attached hydrogen (secondary N) is 1. The minimum atomic E-state index is -0.467. The molecule has 0 unspecified atom stereocenters. The number of benzene rings is 1. The lowest BCUT2D eigenvalue weighted by molar-refractivity contribution is 0.178. The van der Waals surface area contributed by atoms with Crippen LogP contribution in [0.15, 0.2) is 24.3 Å². The summed E-state index contributed by atoms with van der Waals surface area (Å²) in [6.07, 6.45) is 5.53. The monoisotopic (exact) mass is 366 g/mol. The molecule has 0 bridgehead atoms. The molecule has 0 aromatic heterocycles. The second-order valence-electron chi connectivity index (χ2n) is 6.81. The van der Waals surface area contributed by atoms with E-state index in [0.29, 0.717) is 5.02 Å². The third kappa shape index (κ3) is 3.29. The Hall–Kier alpha value is -1.20. The quantitative estimate of drug-likeness (QED) is 0.786. The predicted molar refractivity (Wildman–Crippen MR) is 98.5 cm³/mol. The molecule has 4 nitrogen and oxygen atoms in total. The number of carbonyl (C=O) groups is 2. The van der Waals surface area contributed by atoms with Crippen LogP contribution < -0.4 is 5.32 Å². The Morgan fingerprint density at radius 2 is 1.88 bits per heavy atom. The molecule has 24 heavy (non-hydrogen) atoms. The molecule has 0 radical (unpaired) electrons. The largest absolute Gasteiger partial charge is 0.335 e. The van der Waals surface area contributed by atoms with Gasteiger partial charge in [-0.25, -0.2) is 4.79 Å². The number of urea groups is 1. The van der Waals surface area contributed by atoms with Crippen LogP contribution in [0.3, 0.4) is 0 Å². The van der Waals surface area contributed by atoms with Gasteiger partial charge in [0, 0.05) is 11.1 Å². The van der Waals surface area contributed by atoms with E-state index in [0.717, 1.165) is 31.2 Å². The maximum atomic E-state index is 12.7. The van der Waals surface area contributed by atoms with Crippen molar-refractivity contribution >= 4 is 34.6 Å². The van der Waals surface area contributed by atoms with E-state index in [4.69, 9.17) is 11.6 Å². The van der Waals surface area contributed by atoms with E-state index in [1.807, 2.05) is 38.1 Å². The van der Waals surface area contributed by atoms with E-state index >= 15 is 0 Å². The van der Waals surface area contributed by atoms with Crippen molar-refractivity contribution in [2.45, 2.75) is 62.8 Å². The van der Waals surface area contributed by atoms with Gasteiger partial charge < -0.3 is 5.32 Å². The first-order valence-electron chi connectivity index (χ1n) is 8.50. The van der Waals surface area contributed by atoms with E-state index < -0.39 is 4.75 Å². The van der Waals surface area contributed by atoms with Crippen LogP contribution in [0.1, 0.15) is 51.5 Å². The van der Waals surface area contributed by atoms with E-state index in [1.54, 1.807) is 0 Å². The van der Waals surface area contributed by atoms with Crippen molar-refractivity contribution in [2.75, 3.05) is 0 Å². The van der Waals surface area contributed by atoms with E-state index in [2.05, 4.69) is 5.32 Å². The first kappa shape index (κ1) is 17.6. The lowest BCUT2D eigenvalue weighted by Gasteiger charge is -2.32. The van der Waals surface area contributed by atoms with Crippen molar-refractivity contribution in [1.82, 2.24) is 10.2 Å². The molecule has 2 fully saturated rings. The Kier molecular flexibility index (Phi) is 5.11. The second kappa shape index (κ2) is 6.96. The SMILES string of the molecule is C[C@H]1N(C(=O)NC2CCCCC2)C(=O)S[C@]1(C)c1ccc(Cl)cc1. The Morgan fingerprint density at radius 3 is 2.50 bits per heavy atom. The number of carbonyl (C=O) groups excluding carboxylic acids is 2. The molecule has 1 aliphatic carbocycles. The van der Waals surface area contributed by atoms with Crippen molar-refractivity contribution in [2.24, 2.45) is 0 Å². The van der Waals surface area contributed by atoms with Gasteiger partial charge in [-0.15, -0.1) is 0 Å². The molecule has 1 saturated carbocycles. The molecule has 3 amide bonds. The first-order valence-corrected chi connectivity index (χ1v) is 9.70. The number of thioether (sulfide) groups is 1. The molecule has 1 aromatic carbocycles. The number of hydrogen-bond acceptors (Lipinski definition) is 3. The summed E-state index contributed by atoms with van der Waals surface area (Å²) >= 11 is 7.18. The highest BCUT2D eigenvalue weighted by atomic mass is 35.5. The highest BCUT2D eigenvalue weighted by molar-refractivity contribution is 8.14. The topological polar surface area (TPSA) is 49.4 Å². The van der Waals surface area contributed by atoms with Crippen molar-refractivity contribution in [1.29, 1.82) is 0 Å². The first-order chi connectivity index (χ1) is 11.4. The fraction of sp³-hybridized carbons (Fsp3) is 0.556. The number of rotatable bonds is 2. The maximum Gasteiger partial charge on any atom is 0.325 e. The molecular formula is C18H23ClN2O2S. The normalized spacial score (nSPS) is 28.2. The van der Waals surface area contributed by atoms with Gasteiger partial charge >= 0.3 is 6.03 Å². The Bertz CT molecular complexity index is 630. The molecule has 0 spiro atoms. The van der Waals surface area contributed by atoms with Crippen LogP contribution in [0.25, 0.3) is 0 Å². The third-order valence-corrected chi connectivity index (χ3v) is 6.87. The minimum Gasteiger partial charge on any atom is -0.335 e. The zero-order valence-corrected chi connectivity index (χ0v) is 15.6. The number of nitrogens with zero attached hydrogens (tertiary/aromatic N) is 1. The number of imide groups is 1. The van der Waals surface area contributed by atoms with Crippen molar-refractivity contribution < 1.29 is 9.59 Å². The summed E-state index contributed by atoms with van der Waals surface area (Å²) in [6.45, 7) is 3.95. The smallest absolute Gasteiger partial charge is 0.325 e.